The molecule has 1 aliphatic heterocycles. The van der Waals surface area contributed by atoms with Crippen LogP contribution in [0.3, 0.4) is 0 Å². The predicted molar refractivity (Wildman–Crippen MR) is 180 cm³/mol. The number of carboxylic acids is 1. The number of likely N-dealkylation sites (N-methyl/N-ethyl adjacent to an activating group) is 1. The Hall–Kier alpha value is -3.73. The van der Waals surface area contributed by atoms with Crippen molar-refractivity contribution in [1.82, 2.24) is 26.0 Å². The van der Waals surface area contributed by atoms with Gasteiger partial charge < -0.3 is 25.4 Å². The molecule has 0 saturated heterocycles. The van der Waals surface area contributed by atoms with Crippen molar-refractivity contribution in [1.29, 1.82) is 0 Å². The van der Waals surface area contributed by atoms with Gasteiger partial charge in [-0.2, -0.15) is 0 Å². The maximum atomic E-state index is 14.6. The number of aliphatic carboxylic acids is 1. The van der Waals surface area contributed by atoms with Crippen LogP contribution in [0.2, 0.25) is 5.02 Å². The van der Waals surface area contributed by atoms with Crippen LogP contribution < -0.4 is 16.1 Å². The molecule has 1 aliphatic rings. The molecule has 45 heavy (non-hydrogen) atoms. The number of aryl methyl sites for hydroxylation is 3. The van der Waals surface area contributed by atoms with Crippen LogP contribution >= 0.6 is 11.6 Å². The molecule has 4 N–H and O–H groups in total. The molecule has 1 amide bonds. The lowest BCUT2D eigenvalue weighted by Gasteiger charge is -2.27. The summed E-state index contributed by atoms with van der Waals surface area (Å²) in [5.74, 6) is -0.796. The van der Waals surface area contributed by atoms with Crippen LogP contribution in [0.4, 0.5) is 4.39 Å². The van der Waals surface area contributed by atoms with Crippen LogP contribution in [-0.4, -0.2) is 74.0 Å². The third kappa shape index (κ3) is 13.8. The summed E-state index contributed by atoms with van der Waals surface area (Å²) >= 11 is 6.09. The second-order valence-corrected chi connectivity index (χ2v) is 12.1. The fourth-order valence-corrected chi connectivity index (χ4v) is 4.70. The van der Waals surface area contributed by atoms with E-state index in [0.29, 0.717) is 28.1 Å². The number of carbonyl (C=O) groups is 3. The minimum absolute atomic E-state index is 0.0270. The van der Waals surface area contributed by atoms with E-state index in [9.17, 15) is 18.8 Å². The van der Waals surface area contributed by atoms with Crippen LogP contribution in [0, 0.1) is 32.5 Å². The number of amides is 1. The van der Waals surface area contributed by atoms with Gasteiger partial charge in [-0.05, 0) is 112 Å². The first-order valence-corrected chi connectivity index (χ1v) is 15.2. The molecule has 0 bridgehead atoms. The van der Waals surface area contributed by atoms with Crippen LogP contribution in [0.25, 0.3) is 11.1 Å². The number of carbonyl (C=O) groups excluding carboxylic acids is 2. The van der Waals surface area contributed by atoms with Gasteiger partial charge in [-0.25, -0.2) is 4.39 Å². The Morgan fingerprint density at radius 1 is 1.09 bits per heavy atom. The molecule has 1 unspecified atom stereocenters. The number of rotatable bonds is 11. The highest BCUT2D eigenvalue weighted by Gasteiger charge is 2.21. The minimum Gasteiger partial charge on any atom is -0.481 e. The zero-order valence-corrected chi connectivity index (χ0v) is 28.7. The molecule has 2 aromatic rings. The summed E-state index contributed by atoms with van der Waals surface area (Å²) < 4.78 is 14.6. The third-order valence-electron chi connectivity index (χ3n) is 6.34. The van der Waals surface area contributed by atoms with Crippen molar-refractivity contribution in [3.05, 3.63) is 81.4 Å². The molecular weight excluding hydrogens is 597 g/mol. The van der Waals surface area contributed by atoms with Gasteiger partial charge in [-0.3, -0.25) is 20.0 Å². The van der Waals surface area contributed by atoms with Crippen molar-refractivity contribution in [3.63, 3.8) is 0 Å². The molecule has 0 saturated carbocycles. The number of nitrogens with one attached hydrogen (secondary N) is 3. The molecule has 3 rings (SSSR count). The average molecular weight is 646 g/mol. The molecule has 2 aromatic carbocycles. The molecule has 11 heteroatoms. The van der Waals surface area contributed by atoms with Crippen LogP contribution in [-0.2, 0) is 14.4 Å². The number of carboxylic acid groups (broad SMARTS) is 1. The first-order valence-electron chi connectivity index (χ1n) is 14.9. The number of allylic oxidation sites excluding steroid dienone is 2. The van der Waals surface area contributed by atoms with Crippen molar-refractivity contribution >= 4 is 29.8 Å². The van der Waals surface area contributed by atoms with Gasteiger partial charge in [0.25, 0.3) is 5.91 Å². The molecular formula is C34H49ClFN5O4. The summed E-state index contributed by atoms with van der Waals surface area (Å²) in [6.45, 7) is 13.8. The van der Waals surface area contributed by atoms with Gasteiger partial charge in [-0.1, -0.05) is 32.4 Å². The smallest absolute Gasteiger partial charge is 0.305 e. The van der Waals surface area contributed by atoms with Crippen molar-refractivity contribution in [2.24, 2.45) is 5.92 Å². The van der Waals surface area contributed by atoms with Gasteiger partial charge >= 0.3 is 5.97 Å². The Kier molecular flexibility index (Phi) is 17.1. The van der Waals surface area contributed by atoms with E-state index in [0.717, 1.165) is 41.3 Å². The molecule has 1 atom stereocenters. The van der Waals surface area contributed by atoms with Gasteiger partial charge in [-0.15, -0.1) is 0 Å². The molecule has 248 valence electrons. The van der Waals surface area contributed by atoms with E-state index in [4.69, 9.17) is 16.7 Å². The van der Waals surface area contributed by atoms with E-state index >= 15 is 0 Å². The molecule has 0 aromatic heterocycles. The fraction of sp³-hybridized carbons (Fsp3) is 0.441. The topological polar surface area (TPSA) is 114 Å². The Bertz CT molecular complexity index is 1330. The molecule has 0 spiro atoms. The summed E-state index contributed by atoms with van der Waals surface area (Å²) in [4.78, 5) is 34.8. The fourth-order valence-electron chi connectivity index (χ4n) is 4.37. The highest BCUT2D eigenvalue weighted by Crippen LogP contribution is 2.34. The van der Waals surface area contributed by atoms with E-state index in [-0.39, 0.29) is 24.7 Å². The number of benzene rings is 2. The molecule has 9 nitrogen and oxygen atoms in total. The summed E-state index contributed by atoms with van der Waals surface area (Å²) in [7, 11) is 5.61. The summed E-state index contributed by atoms with van der Waals surface area (Å²) in [6, 6.07) is 6.67. The molecule has 0 radical (unpaired) electrons. The number of aldehydes is 1. The Balaban J connectivity index is 0.000000421. The van der Waals surface area contributed by atoms with Crippen molar-refractivity contribution in [3.8, 4) is 11.1 Å². The van der Waals surface area contributed by atoms with Gasteiger partial charge in [0.1, 0.15) is 17.8 Å². The quantitative estimate of drug-likeness (QED) is 0.235. The summed E-state index contributed by atoms with van der Waals surface area (Å²) in [5, 5.41) is 16.9. The lowest BCUT2D eigenvalue weighted by atomic mass is 9.90. The van der Waals surface area contributed by atoms with Gasteiger partial charge in [0, 0.05) is 29.4 Å². The Labute approximate surface area is 272 Å². The average Bonchev–Trinajstić information content (AvgIpc) is 2.95. The van der Waals surface area contributed by atoms with E-state index in [2.05, 4.69) is 41.7 Å². The van der Waals surface area contributed by atoms with Gasteiger partial charge in [0.05, 0.1) is 19.5 Å². The zero-order valence-electron chi connectivity index (χ0n) is 27.9. The number of hydrogen-bond donors (Lipinski definition) is 4. The van der Waals surface area contributed by atoms with Crippen molar-refractivity contribution in [2.45, 2.75) is 54.0 Å². The summed E-state index contributed by atoms with van der Waals surface area (Å²) in [5.41, 5.74) is 8.11. The van der Waals surface area contributed by atoms with E-state index in [1.807, 2.05) is 51.3 Å². The highest BCUT2D eigenvalue weighted by molar-refractivity contribution is 6.30. The first kappa shape index (κ1) is 39.3. The Morgan fingerprint density at radius 2 is 1.69 bits per heavy atom. The first-order chi connectivity index (χ1) is 21.1. The van der Waals surface area contributed by atoms with Gasteiger partial charge in [0.2, 0.25) is 0 Å². The lowest BCUT2D eigenvalue weighted by Crippen LogP contribution is -2.43. The maximum Gasteiger partial charge on any atom is 0.305 e. The monoisotopic (exact) mass is 645 g/mol. The summed E-state index contributed by atoms with van der Waals surface area (Å²) in [6.07, 6.45) is 5.80. The van der Waals surface area contributed by atoms with Gasteiger partial charge in [0.15, 0.2) is 0 Å². The second kappa shape index (κ2) is 19.6. The largest absolute Gasteiger partial charge is 0.481 e. The normalized spacial score (nSPS) is 12.7. The minimum atomic E-state index is -0.976. The van der Waals surface area contributed by atoms with Crippen molar-refractivity contribution in [2.75, 3.05) is 40.8 Å². The van der Waals surface area contributed by atoms with Crippen LogP contribution in [0.15, 0.2) is 48.3 Å². The number of halogens is 2. The van der Waals surface area contributed by atoms with E-state index in [1.54, 1.807) is 38.3 Å². The standard InChI is InChI=1S/C19H21ClFNO2.C11H18N4O2.C4H10/c1-10-6-14(20)7-11(2)18(10)13-5-12(3)19(21)15(8-13)16(22-4)9-17(23)24;1-14(2)7-8-15-6-3-4-10(13-15)11(17)12-5-9-16;1-4(2)3/h5-8,16,22H,9H2,1-4H3,(H,23,24);3-4,6,9,13H,5,7-8H2,1-2H3,(H,12,17);4H,1-3H3. The SMILES string of the molecule is CC(C)C.CN(C)CCN1C=CC=C(C(=O)NCC=O)N1.CNC(CC(=O)O)c1cc(-c2c(C)cc(Cl)cc2C)cc(C)c1F. The second-order valence-electron chi connectivity index (χ2n) is 11.7. The van der Waals surface area contributed by atoms with E-state index in [1.165, 1.54) is 0 Å². The number of hydrogen-bond acceptors (Lipinski definition) is 7. The van der Waals surface area contributed by atoms with Crippen molar-refractivity contribution < 1.29 is 23.9 Å². The van der Waals surface area contributed by atoms with E-state index < -0.39 is 12.0 Å². The Morgan fingerprint density at radius 3 is 2.20 bits per heavy atom. The maximum absolute atomic E-state index is 14.6. The molecule has 0 fully saturated rings. The third-order valence-corrected chi connectivity index (χ3v) is 6.56. The molecule has 1 heterocycles. The highest BCUT2D eigenvalue weighted by atomic mass is 35.5. The van der Waals surface area contributed by atoms with Crippen LogP contribution in [0.5, 0.6) is 0 Å². The lowest BCUT2D eigenvalue weighted by molar-refractivity contribution is -0.137. The zero-order chi connectivity index (χ0) is 34.3. The molecule has 0 aliphatic carbocycles. The predicted octanol–water partition coefficient (Wildman–Crippen LogP) is 5.55. The number of nitrogens with zero attached hydrogens (tertiary/aromatic N) is 2. The number of hydrazine groups is 1. The van der Waals surface area contributed by atoms with Crippen LogP contribution in [0.1, 0.15) is 55.5 Å².